The number of piperidine rings is 1. The molecule has 1 aliphatic heterocycles. The van der Waals surface area contributed by atoms with Crippen LogP contribution in [0.25, 0.3) is 0 Å². The number of likely N-dealkylation sites (tertiary alicyclic amines) is 1. The van der Waals surface area contributed by atoms with Crippen LogP contribution in [0.5, 0.6) is 0 Å². The summed E-state index contributed by atoms with van der Waals surface area (Å²) in [5, 5.41) is 5.03. The van der Waals surface area contributed by atoms with E-state index in [1.54, 1.807) is 11.3 Å². The van der Waals surface area contributed by atoms with Crippen LogP contribution in [-0.4, -0.2) is 42.4 Å². The number of carbonyl (C=O) groups is 2. The molecule has 1 aromatic rings. The van der Waals surface area contributed by atoms with Crippen LogP contribution < -0.4 is 11.1 Å². The van der Waals surface area contributed by atoms with Gasteiger partial charge in [0.15, 0.2) is 0 Å². The largest absolute Gasteiger partial charge is 0.369 e. The molecule has 2 rings (SSSR count). The Hall–Kier alpha value is -1.40. The lowest BCUT2D eigenvalue weighted by molar-refractivity contribution is -0.127. The normalized spacial score (nSPS) is 18.3. The lowest BCUT2D eigenvalue weighted by Gasteiger charge is -2.34. The minimum atomic E-state index is -0.220. The first-order chi connectivity index (χ1) is 10.1. The van der Waals surface area contributed by atoms with E-state index in [0.29, 0.717) is 6.54 Å². The molecule has 1 fully saturated rings. The topological polar surface area (TPSA) is 75.4 Å². The molecule has 2 amide bonds. The monoisotopic (exact) mass is 309 g/mol. The second kappa shape index (κ2) is 7.56. The predicted molar refractivity (Wildman–Crippen MR) is 84.0 cm³/mol. The maximum Gasteiger partial charge on any atom is 0.237 e. The van der Waals surface area contributed by atoms with Gasteiger partial charge in [-0.05, 0) is 50.7 Å². The van der Waals surface area contributed by atoms with Gasteiger partial charge in [-0.25, -0.2) is 0 Å². The zero-order valence-corrected chi connectivity index (χ0v) is 13.2. The third kappa shape index (κ3) is 4.54. The Balaban J connectivity index is 1.71. The van der Waals surface area contributed by atoms with E-state index in [9.17, 15) is 9.59 Å². The molecule has 116 valence electrons. The van der Waals surface area contributed by atoms with Gasteiger partial charge in [-0.15, -0.1) is 11.3 Å². The molecule has 21 heavy (non-hydrogen) atoms. The fraction of sp³-hybridized carbons (Fsp3) is 0.600. The molecule has 0 unspecified atom stereocenters. The van der Waals surface area contributed by atoms with Crippen LogP contribution in [0, 0.1) is 5.92 Å². The van der Waals surface area contributed by atoms with Crippen molar-refractivity contribution in [1.82, 2.24) is 10.2 Å². The fourth-order valence-electron chi connectivity index (χ4n) is 2.65. The summed E-state index contributed by atoms with van der Waals surface area (Å²) < 4.78 is 0. The maximum absolute atomic E-state index is 12.1. The highest BCUT2D eigenvalue weighted by Gasteiger charge is 2.28. The molecule has 0 aromatic carbocycles. The van der Waals surface area contributed by atoms with Crippen molar-refractivity contribution < 1.29 is 9.59 Å². The molecule has 0 aliphatic carbocycles. The summed E-state index contributed by atoms with van der Waals surface area (Å²) in [6.45, 7) is 4.10. The summed E-state index contributed by atoms with van der Waals surface area (Å²) in [6.07, 6.45) is 2.38. The van der Waals surface area contributed by atoms with Crippen molar-refractivity contribution in [2.75, 3.05) is 19.6 Å². The van der Waals surface area contributed by atoms with Gasteiger partial charge in [0.25, 0.3) is 0 Å². The zero-order chi connectivity index (χ0) is 15.2. The van der Waals surface area contributed by atoms with Crippen molar-refractivity contribution in [1.29, 1.82) is 0 Å². The second-order valence-electron chi connectivity index (χ2n) is 5.51. The molecule has 0 spiro atoms. The van der Waals surface area contributed by atoms with Gasteiger partial charge in [0, 0.05) is 17.3 Å². The Morgan fingerprint density at radius 3 is 2.76 bits per heavy atom. The lowest BCUT2D eigenvalue weighted by Crippen LogP contribution is -2.49. The number of rotatable bonds is 6. The van der Waals surface area contributed by atoms with Crippen molar-refractivity contribution in [3.05, 3.63) is 22.4 Å². The van der Waals surface area contributed by atoms with Crippen LogP contribution in [0.4, 0.5) is 0 Å². The average Bonchev–Trinajstić information content (AvgIpc) is 2.99. The van der Waals surface area contributed by atoms with Gasteiger partial charge in [0.05, 0.1) is 6.04 Å². The molecular weight excluding hydrogens is 286 g/mol. The van der Waals surface area contributed by atoms with E-state index in [1.807, 2.05) is 18.4 Å². The van der Waals surface area contributed by atoms with Crippen molar-refractivity contribution >= 4 is 23.2 Å². The Labute approximate surface area is 129 Å². The quantitative estimate of drug-likeness (QED) is 0.823. The highest BCUT2D eigenvalue weighted by molar-refractivity contribution is 7.09. The van der Waals surface area contributed by atoms with Crippen molar-refractivity contribution in [2.24, 2.45) is 11.7 Å². The summed E-state index contributed by atoms with van der Waals surface area (Å²) in [5.41, 5.74) is 5.32. The number of primary amides is 1. The smallest absolute Gasteiger partial charge is 0.237 e. The van der Waals surface area contributed by atoms with E-state index >= 15 is 0 Å². The first-order valence-electron chi connectivity index (χ1n) is 7.41. The molecule has 5 nitrogen and oxygen atoms in total. The molecule has 6 heteroatoms. The van der Waals surface area contributed by atoms with E-state index in [0.717, 1.165) is 32.4 Å². The minimum absolute atomic E-state index is 0.0321. The van der Waals surface area contributed by atoms with Gasteiger partial charge in [-0.3, -0.25) is 14.5 Å². The number of hydrogen-bond donors (Lipinski definition) is 2. The average molecular weight is 309 g/mol. The van der Waals surface area contributed by atoms with Gasteiger partial charge in [-0.1, -0.05) is 6.07 Å². The Morgan fingerprint density at radius 1 is 1.48 bits per heavy atom. The molecule has 1 atom stereocenters. The number of carbonyl (C=O) groups excluding carboxylic acids is 2. The number of nitrogens with one attached hydrogen (secondary N) is 1. The van der Waals surface area contributed by atoms with E-state index in [-0.39, 0.29) is 23.8 Å². The number of thiophene rings is 1. The highest BCUT2D eigenvalue weighted by atomic mass is 32.1. The van der Waals surface area contributed by atoms with Crippen LogP contribution in [0.15, 0.2) is 17.5 Å². The summed E-state index contributed by atoms with van der Waals surface area (Å²) in [7, 11) is 0. The van der Waals surface area contributed by atoms with Crippen LogP contribution in [0.1, 0.15) is 24.6 Å². The van der Waals surface area contributed by atoms with Gasteiger partial charge < -0.3 is 11.1 Å². The van der Waals surface area contributed by atoms with Crippen molar-refractivity contribution in [3.8, 4) is 0 Å². The fourth-order valence-corrected chi connectivity index (χ4v) is 3.36. The van der Waals surface area contributed by atoms with Crippen LogP contribution in [0.3, 0.4) is 0 Å². The van der Waals surface area contributed by atoms with Crippen molar-refractivity contribution in [3.63, 3.8) is 0 Å². The minimum Gasteiger partial charge on any atom is -0.369 e. The van der Waals surface area contributed by atoms with E-state index in [2.05, 4.69) is 16.3 Å². The third-order valence-electron chi connectivity index (χ3n) is 4.11. The van der Waals surface area contributed by atoms with E-state index in [1.165, 1.54) is 4.88 Å². The van der Waals surface area contributed by atoms with Gasteiger partial charge in [-0.2, -0.15) is 0 Å². The first-order valence-corrected chi connectivity index (χ1v) is 8.29. The molecule has 0 saturated carbocycles. The summed E-state index contributed by atoms with van der Waals surface area (Å²) in [4.78, 5) is 26.7. The van der Waals surface area contributed by atoms with E-state index < -0.39 is 0 Å². The van der Waals surface area contributed by atoms with Crippen LogP contribution in [-0.2, 0) is 16.0 Å². The number of amides is 2. The van der Waals surface area contributed by atoms with Crippen molar-refractivity contribution in [2.45, 2.75) is 32.2 Å². The summed E-state index contributed by atoms with van der Waals surface area (Å²) >= 11 is 1.71. The van der Waals surface area contributed by atoms with E-state index in [4.69, 9.17) is 5.73 Å². The third-order valence-corrected chi connectivity index (χ3v) is 5.05. The first kappa shape index (κ1) is 16.0. The molecule has 1 aliphatic rings. The molecular formula is C15H23N3O2S. The molecule has 1 aromatic heterocycles. The van der Waals surface area contributed by atoms with Crippen LogP contribution in [0.2, 0.25) is 0 Å². The lowest BCUT2D eigenvalue weighted by atomic mass is 9.95. The Morgan fingerprint density at radius 2 is 2.19 bits per heavy atom. The molecule has 3 N–H and O–H groups in total. The number of nitrogens with two attached hydrogens (primary N) is 1. The SMILES string of the molecule is C[C@H](C(=O)NCCc1cccs1)N1CCC(C(N)=O)CC1. The molecule has 0 radical (unpaired) electrons. The maximum atomic E-state index is 12.1. The molecule has 1 saturated heterocycles. The summed E-state index contributed by atoms with van der Waals surface area (Å²) in [5.74, 6) is -0.192. The summed E-state index contributed by atoms with van der Waals surface area (Å²) in [6, 6.07) is 3.95. The second-order valence-corrected chi connectivity index (χ2v) is 6.54. The van der Waals surface area contributed by atoms with Gasteiger partial charge >= 0.3 is 0 Å². The highest BCUT2D eigenvalue weighted by Crippen LogP contribution is 2.18. The standard InChI is InChI=1S/C15H23N3O2S/c1-11(18-8-5-12(6-9-18)14(16)19)15(20)17-7-4-13-3-2-10-21-13/h2-3,10-12H,4-9H2,1H3,(H2,16,19)(H,17,20)/t11-/m1/s1. The number of nitrogens with zero attached hydrogens (tertiary/aromatic N) is 1. The predicted octanol–water partition coefficient (Wildman–Crippen LogP) is 0.993. The molecule has 2 heterocycles. The molecule has 0 bridgehead atoms. The Kier molecular flexibility index (Phi) is 5.76. The van der Waals surface area contributed by atoms with Gasteiger partial charge in [0.2, 0.25) is 11.8 Å². The number of hydrogen-bond acceptors (Lipinski definition) is 4. The Bertz CT molecular complexity index is 467. The zero-order valence-electron chi connectivity index (χ0n) is 12.4. The van der Waals surface area contributed by atoms with Crippen LogP contribution >= 0.6 is 11.3 Å². The van der Waals surface area contributed by atoms with Gasteiger partial charge in [0.1, 0.15) is 0 Å².